The van der Waals surface area contributed by atoms with Gasteiger partial charge in [0.15, 0.2) is 5.82 Å². The van der Waals surface area contributed by atoms with Crippen molar-refractivity contribution in [1.82, 2.24) is 30.2 Å². The first-order chi connectivity index (χ1) is 12.6. The van der Waals surface area contributed by atoms with Gasteiger partial charge in [-0.3, -0.25) is 9.88 Å². The van der Waals surface area contributed by atoms with Crippen LogP contribution in [0.3, 0.4) is 0 Å². The Bertz CT molecular complexity index is 711. The Labute approximate surface area is 153 Å². The third kappa shape index (κ3) is 4.19. The van der Waals surface area contributed by atoms with Crippen molar-refractivity contribution in [3.8, 4) is 0 Å². The second-order valence-electron chi connectivity index (χ2n) is 6.53. The summed E-state index contributed by atoms with van der Waals surface area (Å²) in [5.41, 5.74) is 0.858. The summed E-state index contributed by atoms with van der Waals surface area (Å²) in [6, 6.07) is 5.59. The molecule has 2 atom stereocenters. The molecule has 1 saturated heterocycles. The average molecular weight is 358 g/mol. The van der Waals surface area contributed by atoms with Gasteiger partial charge in [-0.2, -0.15) is 4.98 Å². The molecule has 8 heteroatoms. The highest BCUT2D eigenvalue weighted by Gasteiger charge is 2.28. The number of aryl methyl sites for hydroxylation is 1. The lowest BCUT2D eigenvalue weighted by Gasteiger charge is -2.37. The van der Waals surface area contributed by atoms with Crippen LogP contribution in [0.15, 0.2) is 28.9 Å². The lowest BCUT2D eigenvalue weighted by molar-refractivity contribution is 0.0991. The third-order valence-electron chi connectivity index (χ3n) is 4.78. The molecular formula is C18H26N6O2. The van der Waals surface area contributed by atoms with Crippen molar-refractivity contribution in [3.63, 3.8) is 0 Å². The molecule has 2 amide bonds. The Balaban J connectivity index is 1.50. The number of amides is 2. The molecule has 0 bridgehead atoms. The van der Waals surface area contributed by atoms with Crippen molar-refractivity contribution >= 4 is 6.03 Å². The first kappa shape index (κ1) is 18.3. The lowest BCUT2D eigenvalue weighted by Crippen LogP contribution is -2.52. The molecule has 3 rings (SSSR count). The normalized spacial score (nSPS) is 17.7. The standard InChI is InChI=1S/C18H26N6O2/c1-4-16-21-17(26-22-16)14(3)23-9-11-24(12-10-23)18(25)20-13(2)15-7-5-6-8-19-15/h5-8,13-14H,4,9-12H2,1-3H3,(H,20,25). The van der Waals surface area contributed by atoms with E-state index >= 15 is 0 Å². The SMILES string of the molecule is CCc1noc(C(C)N2CCN(C(=O)NC(C)c3ccccn3)CC2)n1. The average Bonchev–Trinajstić information content (AvgIpc) is 3.17. The van der Waals surface area contributed by atoms with Crippen molar-refractivity contribution in [2.24, 2.45) is 0 Å². The van der Waals surface area contributed by atoms with Gasteiger partial charge in [0, 0.05) is 38.8 Å². The van der Waals surface area contributed by atoms with Crippen molar-refractivity contribution in [2.75, 3.05) is 26.2 Å². The first-order valence-corrected chi connectivity index (χ1v) is 9.11. The molecule has 1 N–H and O–H groups in total. The van der Waals surface area contributed by atoms with Gasteiger partial charge in [-0.15, -0.1) is 0 Å². The molecule has 2 aromatic heterocycles. The van der Waals surface area contributed by atoms with E-state index < -0.39 is 0 Å². The molecule has 1 aliphatic heterocycles. The number of rotatable bonds is 5. The molecule has 3 heterocycles. The first-order valence-electron chi connectivity index (χ1n) is 9.11. The molecule has 0 saturated carbocycles. The Kier molecular flexibility index (Phi) is 5.82. The van der Waals surface area contributed by atoms with Crippen molar-refractivity contribution < 1.29 is 9.32 Å². The fourth-order valence-corrected chi connectivity index (χ4v) is 3.03. The Hall–Kier alpha value is -2.48. The Morgan fingerprint density at radius 2 is 2.04 bits per heavy atom. The number of hydrogen-bond donors (Lipinski definition) is 1. The fraction of sp³-hybridized carbons (Fsp3) is 0.556. The molecule has 140 valence electrons. The zero-order chi connectivity index (χ0) is 18.5. The Morgan fingerprint density at radius 3 is 2.65 bits per heavy atom. The molecule has 2 unspecified atom stereocenters. The summed E-state index contributed by atoms with van der Waals surface area (Å²) < 4.78 is 5.34. The highest BCUT2D eigenvalue weighted by Crippen LogP contribution is 2.20. The van der Waals surface area contributed by atoms with Crippen molar-refractivity contribution in [3.05, 3.63) is 41.8 Å². The van der Waals surface area contributed by atoms with Gasteiger partial charge in [0.1, 0.15) is 0 Å². The summed E-state index contributed by atoms with van der Waals surface area (Å²) in [6.07, 6.45) is 2.50. The molecule has 8 nitrogen and oxygen atoms in total. The van der Waals surface area contributed by atoms with E-state index in [0.29, 0.717) is 19.0 Å². The molecule has 0 radical (unpaired) electrons. The van der Waals surface area contributed by atoms with Crippen LogP contribution in [0.4, 0.5) is 4.79 Å². The van der Waals surface area contributed by atoms with Gasteiger partial charge in [-0.25, -0.2) is 4.79 Å². The lowest BCUT2D eigenvalue weighted by atomic mass is 10.2. The van der Waals surface area contributed by atoms with E-state index in [2.05, 4.69) is 32.3 Å². The van der Waals surface area contributed by atoms with Crippen LogP contribution in [0.25, 0.3) is 0 Å². The van der Waals surface area contributed by atoms with Gasteiger partial charge < -0.3 is 14.7 Å². The maximum Gasteiger partial charge on any atom is 0.318 e. The fourth-order valence-electron chi connectivity index (χ4n) is 3.03. The second kappa shape index (κ2) is 8.27. The summed E-state index contributed by atoms with van der Waals surface area (Å²) in [6.45, 7) is 8.89. The van der Waals surface area contributed by atoms with Crippen molar-refractivity contribution in [1.29, 1.82) is 0 Å². The zero-order valence-electron chi connectivity index (χ0n) is 15.6. The van der Waals surface area contributed by atoms with Crippen LogP contribution >= 0.6 is 0 Å². The van der Waals surface area contributed by atoms with Crippen molar-refractivity contribution in [2.45, 2.75) is 39.3 Å². The molecule has 1 aliphatic rings. The van der Waals surface area contributed by atoms with Crippen LogP contribution in [0.2, 0.25) is 0 Å². The number of hydrogen-bond acceptors (Lipinski definition) is 6. The Morgan fingerprint density at radius 1 is 1.27 bits per heavy atom. The largest absolute Gasteiger partial charge is 0.338 e. The number of nitrogens with zero attached hydrogens (tertiary/aromatic N) is 5. The van der Waals surface area contributed by atoms with Crippen LogP contribution < -0.4 is 5.32 Å². The second-order valence-corrected chi connectivity index (χ2v) is 6.53. The minimum Gasteiger partial charge on any atom is -0.338 e. The number of nitrogens with one attached hydrogen (secondary N) is 1. The highest BCUT2D eigenvalue weighted by molar-refractivity contribution is 5.74. The predicted octanol–water partition coefficient (Wildman–Crippen LogP) is 2.18. The summed E-state index contributed by atoms with van der Waals surface area (Å²) in [5, 5.41) is 6.98. The van der Waals surface area contributed by atoms with Crippen LogP contribution in [-0.2, 0) is 6.42 Å². The van der Waals surface area contributed by atoms with E-state index in [-0.39, 0.29) is 18.1 Å². The maximum absolute atomic E-state index is 12.5. The zero-order valence-corrected chi connectivity index (χ0v) is 15.6. The van der Waals surface area contributed by atoms with E-state index in [1.165, 1.54) is 0 Å². The summed E-state index contributed by atoms with van der Waals surface area (Å²) in [4.78, 5) is 25.3. The van der Waals surface area contributed by atoms with E-state index in [1.807, 2.05) is 36.9 Å². The highest BCUT2D eigenvalue weighted by atomic mass is 16.5. The van der Waals surface area contributed by atoms with E-state index in [4.69, 9.17) is 4.52 Å². The van der Waals surface area contributed by atoms with Crippen LogP contribution in [0, 0.1) is 0 Å². The minimum absolute atomic E-state index is 0.0542. The van der Waals surface area contributed by atoms with E-state index in [0.717, 1.165) is 31.0 Å². The van der Waals surface area contributed by atoms with Gasteiger partial charge in [0.05, 0.1) is 17.8 Å². The number of piperazine rings is 1. The van der Waals surface area contributed by atoms with Gasteiger partial charge in [-0.1, -0.05) is 18.1 Å². The quantitative estimate of drug-likeness (QED) is 0.881. The minimum atomic E-state index is -0.119. The van der Waals surface area contributed by atoms with Gasteiger partial charge >= 0.3 is 6.03 Å². The number of pyridine rings is 1. The van der Waals surface area contributed by atoms with E-state index in [9.17, 15) is 4.79 Å². The van der Waals surface area contributed by atoms with Crippen LogP contribution in [0.5, 0.6) is 0 Å². The van der Waals surface area contributed by atoms with Crippen LogP contribution in [-0.4, -0.2) is 57.1 Å². The molecule has 0 spiro atoms. The number of carbonyl (C=O) groups excluding carboxylic acids is 1. The summed E-state index contributed by atoms with van der Waals surface area (Å²) in [5.74, 6) is 1.37. The maximum atomic E-state index is 12.5. The van der Waals surface area contributed by atoms with Crippen LogP contribution in [0.1, 0.15) is 50.3 Å². The number of aromatic nitrogens is 3. The molecule has 2 aromatic rings. The smallest absolute Gasteiger partial charge is 0.318 e. The van der Waals surface area contributed by atoms with Gasteiger partial charge in [-0.05, 0) is 26.0 Å². The number of urea groups is 1. The molecule has 1 fully saturated rings. The molecule has 0 aliphatic carbocycles. The number of carbonyl (C=O) groups is 1. The summed E-state index contributed by atoms with van der Waals surface area (Å²) >= 11 is 0. The monoisotopic (exact) mass is 358 g/mol. The molecule has 26 heavy (non-hydrogen) atoms. The molecule has 0 aromatic carbocycles. The van der Waals surface area contributed by atoms with E-state index in [1.54, 1.807) is 6.20 Å². The predicted molar refractivity (Wildman–Crippen MR) is 96.4 cm³/mol. The topological polar surface area (TPSA) is 87.4 Å². The van der Waals surface area contributed by atoms with Gasteiger partial charge in [0.25, 0.3) is 0 Å². The molecular weight excluding hydrogens is 332 g/mol. The summed E-state index contributed by atoms with van der Waals surface area (Å²) in [7, 11) is 0. The third-order valence-corrected chi connectivity index (χ3v) is 4.78. The van der Waals surface area contributed by atoms with Gasteiger partial charge in [0.2, 0.25) is 5.89 Å².